The van der Waals surface area contributed by atoms with Crippen LogP contribution in [-0.4, -0.2) is 36.6 Å². The maximum absolute atomic E-state index is 11.1. The van der Waals surface area contributed by atoms with Crippen LogP contribution < -0.4 is 8.92 Å². The summed E-state index contributed by atoms with van der Waals surface area (Å²) in [6.45, 7) is 2.65. The summed E-state index contributed by atoms with van der Waals surface area (Å²) in [7, 11) is 0. The van der Waals surface area contributed by atoms with Gasteiger partial charge in [0.15, 0.2) is 11.9 Å². The van der Waals surface area contributed by atoms with Crippen molar-refractivity contribution in [1.82, 2.24) is 0 Å². The third-order valence-corrected chi connectivity index (χ3v) is 4.27. The van der Waals surface area contributed by atoms with Crippen LogP contribution in [0.25, 0.3) is 0 Å². The van der Waals surface area contributed by atoms with Crippen molar-refractivity contribution < 1.29 is 27.8 Å². The Morgan fingerprint density at radius 3 is 2.19 bits per heavy atom. The van der Waals surface area contributed by atoms with Gasteiger partial charge in [0.1, 0.15) is 12.0 Å². The minimum absolute atomic E-state index is 0.321. The standard InChI is InChI=1S/C20H24O6S/c1-3-24-19(20(21)22)14-16-6-8-17(9-7-16)25-13-12-15-4-10-18(11-5-15)26-27(2)23/h4-11,19H,3,12-14H2,1-2H3,(H,21,22)/p+1/t19-,27?/m0/s1. The molecule has 1 unspecified atom stereocenters. The Balaban J connectivity index is 1.81. The molecule has 0 saturated heterocycles. The summed E-state index contributed by atoms with van der Waals surface area (Å²) in [5.74, 6) is 0.356. The molecule has 2 aromatic rings. The number of rotatable bonds is 11. The largest absolute Gasteiger partial charge is 0.493 e. The van der Waals surface area contributed by atoms with Crippen LogP contribution in [0, 0.1) is 0 Å². The molecular weight excluding hydrogens is 368 g/mol. The maximum Gasteiger partial charge on any atom is 0.333 e. The highest BCUT2D eigenvalue weighted by molar-refractivity contribution is 7.79. The molecule has 0 heterocycles. The van der Waals surface area contributed by atoms with Crippen LogP contribution in [0.5, 0.6) is 11.5 Å². The van der Waals surface area contributed by atoms with E-state index >= 15 is 0 Å². The quantitative estimate of drug-likeness (QED) is 0.467. The van der Waals surface area contributed by atoms with E-state index in [1.54, 1.807) is 19.1 Å². The Labute approximate surface area is 161 Å². The van der Waals surface area contributed by atoms with Crippen LogP contribution in [-0.2, 0) is 37.7 Å². The first-order valence-corrected chi connectivity index (χ1v) is 10.3. The van der Waals surface area contributed by atoms with Crippen molar-refractivity contribution in [3.63, 3.8) is 0 Å². The van der Waals surface area contributed by atoms with Gasteiger partial charge in [0.05, 0.1) is 6.61 Å². The summed E-state index contributed by atoms with van der Waals surface area (Å²) in [6, 6.07) is 14.8. The van der Waals surface area contributed by atoms with E-state index in [-0.39, 0.29) is 0 Å². The number of carboxylic acids is 1. The molecule has 7 heteroatoms. The highest BCUT2D eigenvalue weighted by Gasteiger charge is 2.17. The second kappa shape index (κ2) is 10.7. The SMILES string of the molecule is CCO[C@@H](Cc1ccc(OCCc2ccc(O[SH+](C)=O)cc2)cc1)C(=O)O. The summed E-state index contributed by atoms with van der Waals surface area (Å²) in [5, 5.41) is 9.13. The van der Waals surface area contributed by atoms with Crippen molar-refractivity contribution in [2.45, 2.75) is 25.9 Å². The molecule has 0 radical (unpaired) electrons. The summed E-state index contributed by atoms with van der Waals surface area (Å²) in [5.41, 5.74) is 1.97. The molecule has 0 amide bonds. The van der Waals surface area contributed by atoms with Gasteiger partial charge in [-0.15, -0.1) is 0 Å². The van der Waals surface area contributed by atoms with Crippen LogP contribution in [0.15, 0.2) is 48.5 Å². The summed E-state index contributed by atoms with van der Waals surface area (Å²) >= 11 is -1.66. The van der Waals surface area contributed by atoms with Crippen LogP contribution in [0.2, 0.25) is 0 Å². The Hall–Kier alpha value is -2.38. The molecule has 0 aliphatic carbocycles. The number of hydrogen-bond donors (Lipinski definition) is 1. The zero-order valence-corrected chi connectivity index (χ0v) is 16.4. The number of aliphatic carboxylic acids is 1. The minimum atomic E-state index is -1.66. The average Bonchev–Trinajstić information content (AvgIpc) is 2.63. The van der Waals surface area contributed by atoms with E-state index in [0.29, 0.717) is 25.4 Å². The van der Waals surface area contributed by atoms with Gasteiger partial charge in [0, 0.05) is 19.4 Å². The zero-order valence-electron chi connectivity index (χ0n) is 15.5. The number of ether oxygens (including phenoxy) is 2. The van der Waals surface area contributed by atoms with Crippen LogP contribution >= 0.6 is 0 Å². The normalized spacial score (nSPS) is 13.0. The van der Waals surface area contributed by atoms with Gasteiger partial charge in [-0.25, -0.2) is 4.79 Å². The van der Waals surface area contributed by atoms with Crippen LogP contribution in [0.4, 0.5) is 0 Å². The third-order valence-electron chi connectivity index (χ3n) is 3.80. The lowest BCUT2D eigenvalue weighted by atomic mass is 10.1. The molecule has 6 nitrogen and oxygen atoms in total. The van der Waals surface area contributed by atoms with Gasteiger partial charge < -0.3 is 14.6 Å². The molecule has 146 valence electrons. The van der Waals surface area contributed by atoms with Crippen molar-refractivity contribution in [2.75, 3.05) is 19.5 Å². The van der Waals surface area contributed by atoms with E-state index in [9.17, 15) is 9.00 Å². The molecule has 0 bridgehead atoms. The molecule has 0 spiro atoms. The van der Waals surface area contributed by atoms with Gasteiger partial charge in [0.25, 0.3) is 0 Å². The van der Waals surface area contributed by atoms with Crippen molar-refractivity contribution in [1.29, 1.82) is 0 Å². The number of hydrogen-bond acceptors (Lipinski definition) is 5. The second-order valence-electron chi connectivity index (χ2n) is 5.90. The molecule has 2 rings (SSSR count). The molecule has 2 aromatic carbocycles. The van der Waals surface area contributed by atoms with Gasteiger partial charge >= 0.3 is 5.97 Å². The van der Waals surface area contributed by atoms with E-state index in [2.05, 4.69) is 0 Å². The van der Waals surface area contributed by atoms with E-state index in [1.807, 2.05) is 36.4 Å². The number of thiol groups is 1. The Bertz CT molecular complexity index is 742. The molecule has 0 fully saturated rings. The van der Waals surface area contributed by atoms with Gasteiger partial charge in [-0.3, -0.25) is 4.18 Å². The van der Waals surface area contributed by atoms with Gasteiger partial charge in [-0.05, 0) is 42.3 Å². The first-order valence-electron chi connectivity index (χ1n) is 8.72. The lowest BCUT2D eigenvalue weighted by Crippen LogP contribution is -2.26. The topological polar surface area (TPSA) is 82.1 Å². The predicted octanol–water partition coefficient (Wildman–Crippen LogP) is 2.96. The van der Waals surface area contributed by atoms with E-state index < -0.39 is 23.2 Å². The molecule has 27 heavy (non-hydrogen) atoms. The molecule has 0 saturated carbocycles. The number of carbonyl (C=O) groups is 1. The van der Waals surface area contributed by atoms with E-state index in [0.717, 1.165) is 23.3 Å². The van der Waals surface area contributed by atoms with E-state index in [4.69, 9.17) is 18.8 Å². The van der Waals surface area contributed by atoms with Crippen LogP contribution in [0.3, 0.4) is 0 Å². The number of carboxylic acid groups (broad SMARTS) is 1. The van der Waals surface area contributed by atoms with Gasteiger partial charge in [-0.1, -0.05) is 28.5 Å². The Morgan fingerprint density at radius 1 is 1.04 bits per heavy atom. The first-order chi connectivity index (χ1) is 13.0. The summed E-state index contributed by atoms with van der Waals surface area (Å²) < 4.78 is 27.1. The fraction of sp³-hybridized carbons (Fsp3) is 0.350. The molecular formula is C20H25O6S+. The van der Waals surface area contributed by atoms with Crippen molar-refractivity contribution >= 4 is 17.0 Å². The highest BCUT2D eigenvalue weighted by Crippen LogP contribution is 2.16. The Morgan fingerprint density at radius 2 is 1.63 bits per heavy atom. The number of benzene rings is 2. The van der Waals surface area contributed by atoms with Crippen molar-refractivity contribution in [2.24, 2.45) is 0 Å². The smallest absolute Gasteiger partial charge is 0.333 e. The molecule has 0 aliphatic rings. The maximum atomic E-state index is 11.1. The lowest BCUT2D eigenvalue weighted by Gasteiger charge is -2.13. The minimum Gasteiger partial charge on any atom is -0.493 e. The van der Waals surface area contributed by atoms with Gasteiger partial charge in [-0.2, -0.15) is 0 Å². The highest BCUT2D eigenvalue weighted by atomic mass is 32.2. The fourth-order valence-electron chi connectivity index (χ4n) is 2.51. The lowest BCUT2D eigenvalue weighted by molar-refractivity contribution is -0.149. The van der Waals surface area contributed by atoms with Crippen molar-refractivity contribution in [3.8, 4) is 11.5 Å². The fourth-order valence-corrected chi connectivity index (χ4v) is 2.93. The monoisotopic (exact) mass is 393 g/mol. The predicted molar refractivity (Wildman–Crippen MR) is 105 cm³/mol. The molecule has 1 N–H and O–H groups in total. The summed E-state index contributed by atoms with van der Waals surface area (Å²) in [6.07, 6.45) is 1.73. The second-order valence-corrected chi connectivity index (χ2v) is 6.97. The third kappa shape index (κ3) is 7.40. The molecule has 2 atom stereocenters. The van der Waals surface area contributed by atoms with Crippen LogP contribution in [0.1, 0.15) is 18.1 Å². The molecule has 0 aromatic heterocycles. The molecule has 0 aliphatic heterocycles. The summed E-state index contributed by atoms with van der Waals surface area (Å²) in [4.78, 5) is 11.1. The Kier molecular flexibility index (Phi) is 8.29. The van der Waals surface area contributed by atoms with Gasteiger partial charge in [0.2, 0.25) is 11.1 Å². The first kappa shape index (κ1) is 20.9. The van der Waals surface area contributed by atoms with Crippen molar-refractivity contribution in [3.05, 3.63) is 59.7 Å². The van der Waals surface area contributed by atoms with E-state index in [1.165, 1.54) is 6.26 Å². The zero-order chi connectivity index (χ0) is 19.6. The average molecular weight is 393 g/mol.